The summed E-state index contributed by atoms with van der Waals surface area (Å²) in [5.74, 6) is 6.58. The number of aromatic nitrogens is 1. The fourth-order valence-corrected chi connectivity index (χ4v) is 5.74. The van der Waals surface area contributed by atoms with E-state index in [2.05, 4.69) is 96.7 Å². The molecule has 0 atom stereocenters. The summed E-state index contributed by atoms with van der Waals surface area (Å²) in [6.45, 7) is 8.37. The third-order valence-electron chi connectivity index (χ3n) is 4.71. The molecule has 0 fully saturated rings. The minimum atomic E-state index is -10.7. The van der Waals surface area contributed by atoms with Crippen LogP contribution in [0, 0.1) is 11.8 Å². The van der Waals surface area contributed by atoms with E-state index in [-0.39, 0.29) is 0 Å². The molecule has 2 aromatic carbocycles. The first-order chi connectivity index (χ1) is 16.2. The van der Waals surface area contributed by atoms with Crippen molar-refractivity contribution in [3.8, 4) is 11.8 Å². The van der Waals surface area contributed by atoms with Crippen molar-refractivity contribution in [1.82, 2.24) is 0 Å². The molecule has 0 saturated heterocycles. The molecule has 188 valence electrons. The van der Waals surface area contributed by atoms with Crippen LogP contribution in [0.1, 0.15) is 25.8 Å². The van der Waals surface area contributed by atoms with Crippen molar-refractivity contribution in [3.05, 3.63) is 70.2 Å². The SMILES string of the molecule is CCN1/C(=C/C#C/C(C)=C\c2sc3ccccc3[n+]2CC)Sc2ccccc21.F[P-](F)(F)(F)(F)F. The molecule has 0 saturated carbocycles. The second-order valence-electron chi connectivity index (χ2n) is 7.50. The van der Waals surface area contributed by atoms with Gasteiger partial charge in [0.25, 0.3) is 5.01 Å². The van der Waals surface area contributed by atoms with E-state index >= 15 is 0 Å². The Kier molecular flexibility index (Phi) is 7.39. The van der Waals surface area contributed by atoms with Crippen molar-refractivity contribution in [1.29, 1.82) is 0 Å². The molecule has 2 heterocycles. The van der Waals surface area contributed by atoms with Crippen LogP contribution in [0.5, 0.6) is 0 Å². The molecule has 0 amide bonds. The molecule has 0 unspecified atom stereocenters. The average Bonchev–Trinajstić information content (AvgIpc) is 3.28. The molecule has 3 aromatic rings. The molecule has 0 bridgehead atoms. The van der Waals surface area contributed by atoms with Gasteiger partial charge in [0.2, 0.25) is 5.52 Å². The average molecular weight is 549 g/mol. The molecular weight excluding hydrogens is 525 g/mol. The van der Waals surface area contributed by atoms with Crippen molar-refractivity contribution in [3.63, 3.8) is 0 Å². The molecule has 0 aliphatic carbocycles. The maximum atomic E-state index is 9.87. The van der Waals surface area contributed by atoms with Crippen LogP contribution in [-0.4, -0.2) is 6.54 Å². The monoisotopic (exact) mass is 548 g/mol. The van der Waals surface area contributed by atoms with Gasteiger partial charge in [0, 0.05) is 35.2 Å². The van der Waals surface area contributed by atoms with Crippen molar-refractivity contribution in [2.75, 3.05) is 11.4 Å². The third kappa shape index (κ3) is 8.31. The molecule has 4 rings (SSSR count). The summed E-state index contributed by atoms with van der Waals surface area (Å²) in [5, 5.41) is 2.45. The molecular formula is C24H23F6N2PS2. The summed E-state index contributed by atoms with van der Waals surface area (Å²) < 4.78 is 62.9. The van der Waals surface area contributed by atoms with Crippen molar-refractivity contribution in [2.45, 2.75) is 32.2 Å². The molecule has 1 aliphatic heterocycles. The van der Waals surface area contributed by atoms with Gasteiger partial charge in [-0.1, -0.05) is 59.2 Å². The predicted molar refractivity (Wildman–Crippen MR) is 136 cm³/mol. The Morgan fingerprint density at radius 3 is 2.29 bits per heavy atom. The number of para-hydroxylation sites is 2. The second kappa shape index (κ2) is 9.53. The van der Waals surface area contributed by atoms with E-state index in [1.165, 1.54) is 30.8 Å². The van der Waals surface area contributed by atoms with E-state index in [1.807, 2.05) is 17.4 Å². The first kappa shape index (κ1) is 27.1. The van der Waals surface area contributed by atoms with Crippen LogP contribution in [0.2, 0.25) is 0 Å². The number of nitrogens with zero attached hydrogens (tertiary/aromatic N) is 2. The van der Waals surface area contributed by atoms with Crippen LogP contribution < -0.4 is 9.47 Å². The normalized spacial score (nSPS) is 16.7. The number of aryl methyl sites for hydroxylation is 1. The van der Waals surface area contributed by atoms with E-state index in [0.717, 1.165) is 18.7 Å². The number of anilines is 1. The van der Waals surface area contributed by atoms with E-state index in [0.29, 0.717) is 0 Å². The summed E-state index contributed by atoms with van der Waals surface area (Å²) in [7, 11) is -10.7. The second-order valence-corrected chi connectivity index (χ2v) is 11.5. The van der Waals surface area contributed by atoms with Crippen molar-refractivity contribution < 1.29 is 29.7 Å². The van der Waals surface area contributed by atoms with E-state index in [1.54, 1.807) is 11.8 Å². The number of allylic oxidation sites excluding steroid dienone is 2. The first-order valence-corrected chi connectivity index (χ1v) is 14.2. The van der Waals surface area contributed by atoms with Crippen molar-refractivity contribution in [2.24, 2.45) is 0 Å². The number of hydrogen-bond acceptors (Lipinski definition) is 3. The summed E-state index contributed by atoms with van der Waals surface area (Å²) in [4.78, 5) is 3.63. The zero-order valence-corrected chi connectivity index (χ0v) is 21.6. The minimum absolute atomic E-state index is 0.949. The number of thiazole rings is 1. The number of fused-ring (bicyclic) bond motifs is 2. The Balaban J connectivity index is 0.000000429. The quantitative estimate of drug-likeness (QED) is 0.139. The molecule has 1 aromatic heterocycles. The van der Waals surface area contributed by atoms with Gasteiger partial charge in [0.15, 0.2) is 0 Å². The number of benzene rings is 2. The van der Waals surface area contributed by atoms with E-state index in [4.69, 9.17) is 0 Å². The summed E-state index contributed by atoms with van der Waals surface area (Å²) in [6, 6.07) is 17.1. The Morgan fingerprint density at radius 1 is 1.00 bits per heavy atom. The summed E-state index contributed by atoms with van der Waals surface area (Å²) in [6.07, 6.45) is 4.25. The van der Waals surface area contributed by atoms with Gasteiger partial charge in [-0.15, -0.1) is 0 Å². The zero-order chi connectivity index (χ0) is 25.9. The van der Waals surface area contributed by atoms with Crippen LogP contribution in [0.3, 0.4) is 0 Å². The van der Waals surface area contributed by atoms with Crippen LogP contribution in [-0.2, 0) is 6.54 Å². The van der Waals surface area contributed by atoms with Gasteiger partial charge >= 0.3 is 33.0 Å². The van der Waals surface area contributed by atoms with Gasteiger partial charge in [-0.05, 0) is 39.0 Å². The number of halogens is 6. The molecule has 11 heteroatoms. The van der Waals surface area contributed by atoms with Gasteiger partial charge in [-0.3, -0.25) is 0 Å². The Morgan fingerprint density at radius 2 is 1.63 bits per heavy atom. The van der Waals surface area contributed by atoms with Crippen LogP contribution in [0.4, 0.5) is 30.9 Å². The predicted octanol–water partition coefficient (Wildman–Crippen LogP) is 9.47. The van der Waals surface area contributed by atoms with E-state index < -0.39 is 7.81 Å². The standard InChI is InChI=1S/C24H23N2S2.F6P/c1-4-25-19-12-6-8-14-21(19)27-23(25)16-10-11-18(3)17-24-26(5-2)20-13-7-9-15-22(20)28-24;1-7(2,3,4,5)6/h6-9,12-17H,4-5H2,1-3H3;/q+1;-1. The topological polar surface area (TPSA) is 7.12 Å². The zero-order valence-electron chi connectivity index (χ0n) is 19.1. The first-order valence-electron chi connectivity index (χ1n) is 10.6. The van der Waals surface area contributed by atoms with Gasteiger partial charge in [0.05, 0.1) is 10.7 Å². The van der Waals surface area contributed by atoms with Gasteiger partial charge < -0.3 is 4.90 Å². The third-order valence-corrected chi connectivity index (χ3v) is 6.94. The molecule has 0 spiro atoms. The van der Waals surface area contributed by atoms with Gasteiger partial charge in [-0.25, -0.2) is 0 Å². The molecule has 0 radical (unpaired) electrons. The number of rotatable bonds is 3. The maximum absolute atomic E-state index is 10.7. The molecule has 35 heavy (non-hydrogen) atoms. The number of thioether (sulfide) groups is 1. The Bertz CT molecular complexity index is 1360. The van der Waals surface area contributed by atoms with Crippen LogP contribution in [0.25, 0.3) is 16.3 Å². The number of hydrogen-bond donors (Lipinski definition) is 0. The fraction of sp³-hybridized carbons (Fsp3) is 0.208. The molecule has 2 nitrogen and oxygen atoms in total. The van der Waals surface area contributed by atoms with E-state index in [9.17, 15) is 25.2 Å². The Hall–Kier alpha value is -2.47. The summed E-state index contributed by atoms with van der Waals surface area (Å²) in [5.41, 5.74) is 3.65. The van der Waals surface area contributed by atoms with Crippen molar-refractivity contribution >= 4 is 52.9 Å². The van der Waals surface area contributed by atoms with Crippen LogP contribution >= 0.6 is 30.9 Å². The summed E-state index contributed by atoms with van der Waals surface area (Å²) >= 11 is 3.62. The fourth-order valence-electron chi connectivity index (χ4n) is 3.41. The van der Waals surface area contributed by atoms with Gasteiger partial charge in [-0.2, -0.15) is 4.57 Å². The van der Waals surface area contributed by atoms with Gasteiger partial charge in [0.1, 0.15) is 11.2 Å². The van der Waals surface area contributed by atoms with Crippen LogP contribution in [0.15, 0.2) is 70.1 Å². The Labute approximate surface area is 208 Å². The molecule has 1 aliphatic rings. The molecule has 0 N–H and O–H groups in total.